The van der Waals surface area contributed by atoms with E-state index in [1.807, 2.05) is 0 Å². The number of rotatable bonds is 4. The summed E-state index contributed by atoms with van der Waals surface area (Å²) in [5, 5.41) is 0. The van der Waals surface area contributed by atoms with Crippen LogP contribution in [0, 0.1) is 0 Å². The first-order valence-electron chi connectivity index (χ1n) is 5.46. The Morgan fingerprint density at radius 1 is 1.28 bits per heavy atom. The lowest BCUT2D eigenvalue weighted by molar-refractivity contribution is -0.142. The van der Waals surface area contributed by atoms with Crippen LogP contribution in [0.25, 0.3) is 0 Å². The molecule has 0 aliphatic carbocycles. The molecular weight excluding hydrogens is 252 g/mol. The van der Waals surface area contributed by atoms with Gasteiger partial charge in [0.15, 0.2) is 0 Å². The summed E-state index contributed by atoms with van der Waals surface area (Å²) < 4.78 is 9.30. The molecule has 0 aliphatic rings. The fourth-order valence-electron chi connectivity index (χ4n) is 1.56. The third-order valence-electron chi connectivity index (χ3n) is 2.72. The third kappa shape index (κ3) is 3.50. The number of thiol groups is 1. The van der Waals surface area contributed by atoms with E-state index in [1.54, 1.807) is 25.1 Å². The van der Waals surface area contributed by atoms with Crippen LogP contribution in [0.15, 0.2) is 23.1 Å². The van der Waals surface area contributed by atoms with Crippen LogP contribution < -0.4 is 0 Å². The van der Waals surface area contributed by atoms with Crippen molar-refractivity contribution in [1.29, 1.82) is 0 Å². The summed E-state index contributed by atoms with van der Waals surface area (Å²) in [5.41, 5.74) is 1.52. The number of methoxy groups -OCH3 is 2. The van der Waals surface area contributed by atoms with Crippen molar-refractivity contribution >= 4 is 24.6 Å². The Hall–Kier alpha value is -1.49. The van der Waals surface area contributed by atoms with Crippen molar-refractivity contribution < 1.29 is 19.1 Å². The predicted octanol–water partition coefficient (Wildman–Crippen LogP) is 1.97. The highest BCUT2D eigenvalue weighted by atomic mass is 32.1. The van der Waals surface area contributed by atoms with Gasteiger partial charge in [0.1, 0.15) is 0 Å². The van der Waals surface area contributed by atoms with Crippen molar-refractivity contribution in [3.05, 3.63) is 29.3 Å². The quantitative estimate of drug-likeness (QED) is 0.670. The molecule has 0 amide bonds. The molecule has 0 heterocycles. The van der Waals surface area contributed by atoms with Gasteiger partial charge in [0.25, 0.3) is 0 Å². The summed E-state index contributed by atoms with van der Waals surface area (Å²) in [6, 6.07) is 5.34. The van der Waals surface area contributed by atoms with Crippen molar-refractivity contribution in [3.63, 3.8) is 0 Å². The number of carbonyl (C=O) groups excluding carboxylic acids is 2. The maximum atomic E-state index is 11.5. The highest BCUT2D eigenvalue weighted by Crippen LogP contribution is 2.23. The van der Waals surface area contributed by atoms with Crippen molar-refractivity contribution in [2.45, 2.75) is 24.2 Å². The number of carbonyl (C=O) groups is 2. The average molecular weight is 268 g/mol. The number of hydrogen-bond acceptors (Lipinski definition) is 5. The molecule has 0 radical (unpaired) electrons. The van der Waals surface area contributed by atoms with E-state index < -0.39 is 0 Å². The highest BCUT2D eigenvalue weighted by Gasteiger charge is 2.17. The van der Waals surface area contributed by atoms with E-state index in [-0.39, 0.29) is 24.3 Å². The normalized spacial score (nSPS) is 11.8. The lowest BCUT2D eigenvalue weighted by Gasteiger charge is -2.12. The molecule has 1 atom stereocenters. The molecule has 0 bridgehead atoms. The van der Waals surface area contributed by atoms with Gasteiger partial charge in [0.2, 0.25) is 0 Å². The molecule has 0 spiro atoms. The Balaban J connectivity index is 3.00. The maximum Gasteiger partial charge on any atom is 0.312 e. The van der Waals surface area contributed by atoms with Crippen LogP contribution in [0.3, 0.4) is 0 Å². The smallest absolute Gasteiger partial charge is 0.312 e. The molecule has 0 N–H and O–H groups in total. The summed E-state index contributed by atoms with van der Waals surface area (Å²) in [6.45, 7) is 1.75. The van der Waals surface area contributed by atoms with Crippen LogP contribution in [-0.2, 0) is 25.5 Å². The molecule has 4 nitrogen and oxygen atoms in total. The predicted molar refractivity (Wildman–Crippen MR) is 69.8 cm³/mol. The second-order valence-corrected chi connectivity index (χ2v) is 4.37. The molecule has 1 aromatic rings. The van der Waals surface area contributed by atoms with Gasteiger partial charge in [0.05, 0.1) is 26.6 Å². The standard InChI is InChI=1S/C13H16O4S/c1-8(13(15)17-3)9-4-5-11(18)10(6-9)7-12(14)16-2/h4-6,8,18H,7H2,1-3H3. The SMILES string of the molecule is COC(=O)Cc1cc(C(C)C(=O)OC)ccc1S. The van der Waals surface area contributed by atoms with E-state index in [9.17, 15) is 9.59 Å². The van der Waals surface area contributed by atoms with Crippen LogP contribution in [0.2, 0.25) is 0 Å². The van der Waals surface area contributed by atoms with Gasteiger partial charge >= 0.3 is 11.9 Å². The molecule has 0 aromatic heterocycles. The van der Waals surface area contributed by atoms with Gasteiger partial charge in [-0.25, -0.2) is 0 Å². The lowest BCUT2D eigenvalue weighted by Crippen LogP contribution is -2.12. The molecule has 0 fully saturated rings. The molecule has 1 unspecified atom stereocenters. The molecule has 5 heteroatoms. The third-order valence-corrected chi connectivity index (χ3v) is 3.16. The summed E-state index contributed by atoms with van der Waals surface area (Å²) >= 11 is 4.28. The Morgan fingerprint density at radius 2 is 1.94 bits per heavy atom. The Labute approximate surface area is 112 Å². The van der Waals surface area contributed by atoms with Crippen molar-refractivity contribution in [3.8, 4) is 0 Å². The van der Waals surface area contributed by atoms with Crippen LogP contribution in [0.1, 0.15) is 24.0 Å². The van der Waals surface area contributed by atoms with Crippen LogP contribution in [0.5, 0.6) is 0 Å². The Kier molecular flexibility index (Phi) is 5.22. The second-order valence-electron chi connectivity index (χ2n) is 3.89. The molecule has 0 saturated heterocycles. The second kappa shape index (κ2) is 6.44. The number of benzene rings is 1. The Morgan fingerprint density at radius 3 is 2.50 bits per heavy atom. The fraction of sp³-hybridized carbons (Fsp3) is 0.385. The molecular formula is C13H16O4S. The van der Waals surface area contributed by atoms with Gasteiger partial charge in [-0.1, -0.05) is 12.1 Å². The van der Waals surface area contributed by atoms with Crippen LogP contribution in [-0.4, -0.2) is 26.2 Å². The van der Waals surface area contributed by atoms with Gasteiger partial charge in [-0.3, -0.25) is 9.59 Å². The average Bonchev–Trinajstić information content (AvgIpc) is 2.39. The number of ether oxygens (including phenoxy) is 2. The van der Waals surface area contributed by atoms with E-state index in [1.165, 1.54) is 14.2 Å². The fourth-order valence-corrected chi connectivity index (χ4v) is 1.78. The minimum Gasteiger partial charge on any atom is -0.469 e. The monoisotopic (exact) mass is 268 g/mol. The minimum atomic E-state index is -0.375. The van der Waals surface area contributed by atoms with E-state index in [0.717, 1.165) is 11.1 Å². The first-order valence-corrected chi connectivity index (χ1v) is 5.90. The van der Waals surface area contributed by atoms with E-state index >= 15 is 0 Å². The first-order chi connectivity index (χ1) is 8.49. The molecule has 1 aromatic carbocycles. The minimum absolute atomic E-state index is 0.136. The van der Waals surface area contributed by atoms with Crippen molar-refractivity contribution in [2.75, 3.05) is 14.2 Å². The van der Waals surface area contributed by atoms with Gasteiger partial charge in [-0.15, -0.1) is 12.6 Å². The zero-order chi connectivity index (χ0) is 13.7. The highest BCUT2D eigenvalue weighted by molar-refractivity contribution is 7.80. The summed E-state index contributed by atoms with van der Waals surface area (Å²) in [5.74, 6) is -1.03. The number of esters is 2. The maximum absolute atomic E-state index is 11.5. The van der Waals surface area contributed by atoms with Gasteiger partial charge in [-0.2, -0.15) is 0 Å². The zero-order valence-corrected chi connectivity index (χ0v) is 11.5. The topological polar surface area (TPSA) is 52.6 Å². The summed E-state index contributed by atoms with van der Waals surface area (Å²) in [6.07, 6.45) is 0.136. The van der Waals surface area contributed by atoms with Crippen molar-refractivity contribution in [2.24, 2.45) is 0 Å². The van der Waals surface area contributed by atoms with E-state index in [0.29, 0.717) is 4.90 Å². The van der Waals surface area contributed by atoms with Crippen LogP contribution >= 0.6 is 12.6 Å². The van der Waals surface area contributed by atoms with E-state index in [2.05, 4.69) is 22.1 Å². The summed E-state index contributed by atoms with van der Waals surface area (Å²) in [7, 11) is 2.68. The van der Waals surface area contributed by atoms with Gasteiger partial charge < -0.3 is 9.47 Å². The molecule has 98 valence electrons. The van der Waals surface area contributed by atoms with Gasteiger partial charge in [0, 0.05) is 4.90 Å². The number of hydrogen-bond donors (Lipinski definition) is 1. The van der Waals surface area contributed by atoms with Crippen LogP contribution in [0.4, 0.5) is 0 Å². The zero-order valence-electron chi connectivity index (χ0n) is 10.6. The Bertz CT molecular complexity index is 456. The first kappa shape index (κ1) is 14.6. The van der Waals surface area contributed by atoms with E-state index in [4.69, 9.17) is 0 Å². The molecule has 18 heavy (non-hydrogen) atoms. The van der Waals surface area contributed by atoms with Crippen molar-refractivity contribution in [1.82, 2.24) is 0 Å². The molecule has 0 aliphatic heterocycles. The molecule has 0 saturated carbocycles. The molecule has 1 rings (SSSR count). The summed E-state index contributed by atoms with van der Waals surface area (Å²) in [4.78, 5) is 23.4. The largest absolute Gasteiger partial charge is 0.469 e. The lowest BCUT2D eigenvalue weighted by atomic mass is 9.98. The van der Waals surface area contributed by atoms with Gasteiger partial charge in [-0.05, 0) is 24.1 Å².